The third kappa shape index (κ3) is 1.87. The minimum absolute atomic E-state index is 0.0944. The van der Waals surface area contributed by atoms with E-state index in [-0.39, 0.29) is 11.9 Å². The Hall–Kier alpha value is -1.36. The first kappa shape index (κ1) is 10.2. The maximum absolute atomic E-state index is 11.4. The molecule has 0 radical (unpaired) electrons. The van der Waals surface area contributed by atoms with Gasteiger partial charge in [-0.1, -0.05) is 0 Å². The number of hydrogen-bond acceptors (Lipinski definition) is 4. The molecule has 1 N–H and O–H groups in total. The maximum atomic E-state index is 11.4. The van der Waals surface area contributed by atoms with E-state index < -0.39 is 0 Å². The van der Waals surface area contributed by atoms with Crippen molar-refractivity contribution in [2.75, 3.05) is 13.2 Å². The Morgan fingerprint density at radius 2 is 2.47 bits per heavy atom. The van der Waals surface area contributed by atoms with Gasteiger partial charge in [0.15, 0.2) is 0 Å². The molecule has 0 atom stereocenters. The highest BCUT2D eigenvalue weighted by Gasteiger charge is 2.22. The first-order chi connectivity index (χ1) is 7.22. The van der Waals surface area contributed by atoms with Crippen molar-refractivity contribution < 1.29 is 14.3 Å². The molecule has 1 aliphatic heterocycles. The summed E-state index contributed by atoms with van der Waals surface area (Å²) in [5, 5.41) is 2.74. The second-order valence-corrected chi connectivity index (χ2v) is 4.31. The number of fused-ring (bicyclic) bond motifs is 1. The Kier molecular flexibility index (Phi) is 2.73. The molecule has 80 valence electrons. The second-order valence-electron chi connectivity index (χ2n) is 3.17. The quantitative estimate of drug-likeness (QED) is 0.770. The Labute approximate surface area is 91.2 Å². The van der Waals surface area contributed by atoms with Crippen LogP contribution in [0, 0.1) is 0 Å². The zero-order valence-corrected chi connectivity index (χ0v) is 9.15. The molecule has 2 rings (SSSR count). The van der Waals surface area contributed by atoms with Gasteiger partial charge in [0.2, 0.25) is 0 Å². The van der Waals surface area contributed by atoms with Crippen molar-refractivity contribution in [2.24, 2.45) is 0 Å². The van der Waals surface area contributed by atoms with E-state index in [1.54, 1.807) is 13.0 Å². The predicted molar refractivity (Wildman–Crippen MR) is 56.3 cm³/mol. The number of esters is 1. The topological polar surface area (TPSA) is 55.4 Å². The number of hydrogen-bond donors (Lipinski definition) is 1. The molecule has 15 heavy (non-hydrogen) atoms. The van der Waals surface area contributed by atoms with E-state index in [2.05, 4.69) is 5.32 Å². The highest BCUT2D eigenvalue weighted by Crippen LogP contribution is 2.25. The number of nitrogens with one attached hydrogen (secondary N) is 1. The molecule has 2 heterocycles. The van der Waals surface area contributed by atoms with Gasteiger partial charge in [-0.15, -0.1) is 11.3 Å². The van der Waals surface area contributed by atoms with Crippen LogP contribution in [0.5, 0.6) is 0 Å². The average molecular weight is 225 g/mol. The fourth-order valence-corrected chi connectivity index (χ4v) is 2.54. The van der Waals surface area contributed by atoms with E-state index in [1.807, 2.05) is 0 Å². The molecule has 1 aliphatic rings. The lowest BCUT2D eigenvalue weighted by molar-refractivity contribution is 0.0532. The van der Waals surface area contributed by atoms with Gasteiger partial charge >= 0.3 is 5.97 Å². The fourth-order valence-electron chi connectivity index (χ4n) is 1.49. The zero-order valence-electron chi connectivity index (χ0n) is 8.33. The molecule has 0 spiro atoms. The summed E-state index contributed by atoms with van der Waals surface area (Å²) in [7, 11) is 0. The van der Waals surface area contributed by atoms with Crippen LogP contribution in [-0.4, -0.2) is 25.0 Å². The number of thiophene rings is 1. The second kappa shape index (κ2) is 4.02. The molecule has 1 aromatic heterocycles. The number of carbonyl (C=O) groups excluding carboxylic acids is 2. The molecule has 1 aromatic rings. The van der Waals surface area contributed by atoms with Gasteiger partial charge in [0.25, 0.3) is 5.91 Å². The van der Waals surface area contributed by atoms with E-state index >= 15 is 0 Å². The molecule has 0 aromatic carbocycles. The first-order valence-electron chi connectivity index (χ1n) is 4.80. The molecule has 5 heteroatoms. The van der Waals surface area contributed by atoms with E-state index in [1.165, 1.54) is 11.3 Å². The molecular formula is C10H11NO3S. The zero-order chi connectivity index (χ0) is 10.8. The van der Waals surface area contributed by atoms with Crippen LogP contribution in [0.25, 0.3) is 0 Å². The van der Waals surface area contributed by atoms with Gasteiger partial charge in [0.05, 0.1) is 12.2 Å². The largest absolute Gasteiger partial charge is 0.462 e. The van der Waals surface area contributed by atoms with Crippen LogP contribution in [-0.2, 0) is 11.2 Å². The van der Waals surface area contributed by atoms with Crippen molar-refractivity contribution in [3.05, 3.63) is 21.4 Å². The normalized spacial score (nSPS) is 14.3. The van der Waals surface area contributed by atoms with Crippen LogP contribution >= 0.6 is 11.3 Å². The van der Waals surface area contributed by atoms with Crippen molar-refractivity contribution in [1.29, 1.82) is 0 Å². The van der Waals surface area contributed by atoms with Gasteiger partial charge in [-0.25, -0.2) is 4.79 Å². The molecule has 4 nitrogen and oxygen atoms in total. The van der Waals surface area contributed by atoms with Crippen molar-refractivity contribution in [3.63, 3.8) is 0 Å². The number of ether oxygens (including phenoxy) is 1. The summed E-state index contributed by atoms with van der Waals surface area (Å²) in [5.74, 6) is -0.437. The summed E-state index contributed by atoms with van der Waals surface area (Å²) in [5.41, 5.74) is 0.620. The van der Waals surface area contributed by atoms with E-state index in [0.717, 1.165) is 11.3 Å². The van der Waals surface area contributed by atoms with Gasteiger partial charge in [-0.3, -0.25) is 4.79 Å². The molecule has 0 aliphatic carbocycles. The molecular weight excluding hydrogens is 214 g/mol. The fraction of sp³-hybridized carbons (Fsp3) is 0.400. The highest BCUT2D eigenvalue weighted by molar-refractivity contribution is 7.14. The standard InChI is InChI=1S/C10H11NO3S/c1-2-14-10(13)8-5-6-7(15-8)3-4-11-9(6)12/h5H,2-4H2,1H3,(H,11,12). The Morgan fingerprint density at radius 1 is 1.67 bits per heavy atom. The first-order valence-corrected chi connectivity index (χ1v) is 5.62. The van der Waals surface area contributed by atoms with Crippen LogP contribution in [0.3, 0.4) is 0 Å². The summed E-state index contributed by atoms with van der Waals surface area (Å²) in [4.78, 5) is 24.3. The van der Waals surface area contributed by atoms with Gasteiger partial charge in [0, 0.05) is 11.4 Å². The lowest BCUT2D eigenvalue weighted by atomic mass is 10.1. The van der Waals surface area contributed by atoms with Crippen molar-refractivity contribution in [3.8, 4) is 0 Å². The van der Waals surface area contributed by atoms with Crippen LogP contribution in [0.4, 0.5) is 0 Å². The van der Waals surface area contributed by atoms with Gasteiger partial charge in [-0.2, -0.15) is 0 Å². The number of amides is 1. The smallest absolute Gasteiger partial charge is 0.348 e. The highest BCUT2D eigenvalue weighted by atomic mass is 32.1. The van der Waals surface area contributed by atoms with Crippen LogP contribution in [0.1, 0.15) is 31.8 Å². The molecule has 0 bridgehead atoms. The van der Waals surface area contributed by atoms with E-state index in [4.69, 9.17) is 4.74 Å². The van der Waals surface area contributed by atoms with Crippen LogP contribution in [0.15, 0.2) is 6.07 Å². The summed E-state index contributed by atoms with van der Waals surface area (Å²) in [6, 6.07) is 1.62. The average Bonchev–Trinajstić information content (AvgIpc) is 2.63. The van der Waals surface area contributed by atoms with Gasteiger partial charge in [-0.05, 0) is 19.4 Å². The summed E-state index contributed by atoms with van der Waals surface area (Å²) >= 11 is 1.35. The minimum atomic E-state index is -0.343. The molecule has 1 amide bonds. The van der Waals surface area contributed by atoms with E-state index in [0.29, 0.717) is 23.6 Å². The molecule has 0 fully saturated rings. The van der Waals surface area contributed by atoms with Crippen molar-refractivity contribution in [1.82, 2.24) is 5.32 Å². The lowest BCUT2D eigenvalue weighted by Gasteiger charge is -2.10. The molecule has 0 unspecified atom stereocenters. The van der Waals surface area contributed by atoms with Crippen molar-refractivity contribution in [2.45, 2.75) is 13.3 Å². The summed E-state index contributed by atoms with van der Waals surface area (Å²) < 4.78 is 4.88. The van der Waals surface area contributed by atoms with Crippen molar-refractivity contribution >= 4 is 23.2 Å². The maximum Gasteiger partial charge on any atom is 0.348 e. The summed E-state index contributed by atoms with van der Waals surface area (Å²) in [6.07, 6.45) is 0.797. The molecule has 0 saturated carbocycles. The van der Waals surface area contributed by atoms with Gasteiger partial charge < -0.3 is 10.1 Å². The Balaban J connectivity index is 2.29. The Bertz CT molecular complexity index is 411. The van der Waals surface area contributed by atoms with Gasteiger partial charge in [0.1, 0.15) is 4.88 Å². The SMILES string of the molecule is CCOC(=O)c1cc2c(s1)CCNC2=O. The third-order valence-electron chi connectivity index (χ3n) is 2.17. The van der Waals surface area contributed by atoms with Crippen LogP contribution in [0.2, 0.25) is 0 Å². The number of carbonyl (C=O) groups is 2. The Morgan fingerprint density at radius 3 is 3.13 bits per heavy atom. The monoisotopic (exact) mass is 225 g/mol. The van der Waals surface area contributed by atoms with E-state index in [9.17, 15) is 9.59 Å². The lowest BCUT2D eigenvalue weighted by Crippen LogP contribution is -2.30. The summed E-state index contributed by atoms with van der Waals surface area (Å²) in [6.45, 7) is 2.76. The number of rotatable bonds is 2. The molecule has 0 saturated heterocycles. The third-order valence-corrected chi connectivity index (χ3v) is 3.34. The minimum Gasteiger partial charge on any atom is -0.462 e. The van der Waals surface area contributed by atoms with Crippen LogP contribution < -0.4 is 5.32 Å². The predicted octanol–water partition coefficient (Wildman–Crippen LogP) is 1.21.